The van der Waals surface area contributed by atoms with Crippen molar-refractivity contribution in [3.63, 3.8) is 0 Å². The number of methoxy groups -OCH3 is 3. The zero-order chi connectivity index (χ0) is 21.9. The van der Waals surface area contributed by atoms with E-state index in [1.54, 1.807) is 21.3 Å². The zero-order valence-corrected chi connectivity index (χ0v) is 18.2. The first kappa shape index (κ1) is 22.3. The normalized spacial score (nSPS) is 10.4. The standard InChI is InChI=1S/C25H29NO5/c1-27-21-9-11-22(12-10-21)30-14-13-26-17-20-15-23(28-2)25(24(16-20)29-3)31-18-19-7-5-4-6-8-19/h4-12,15-16,26H,13-14,17-18H2,1-3H3. The lowest BCUT2D eigenvalue weighted by Gasteiger charge is -2.16. The third-order valence-electron chi connectivity index (χ3n) is 4.68. The molecule has 0 atom stereocenters. The first-order valence-electron chi connectivity index (χ1n) is 10.1. The fraction of sp³-hybridized carbons (Fsp3) is 0.280. The molecule has 1 N–H and O–H groups in total. The maximum atomic E-state index is 6.00. The number of hydrogen-bond acceptors (Lipinski definition) is 6. The molecule has 0 heterocycles. The minimum absolute atomic E-state index is 0.438. The summed E-state index contributed by atoms with van der Waals surface area (Å²) in [7, 11) is 4.90. The summed E-state index contributed by atoms with van der Waals surface area (Å²) in [5.41, 5.74) is 2.11. The van der Waals surface area contributed by atoms with E-state index < -0.39 is 0 Å². The molecule has 3 aromatic rings. The average Bonchev–Trinajstić information content (AvgIpc) is 2.83. The van der Waals surface area contributed by atoms with Gasteiger partial charge in [0.15, 0.2) is 11.5 Å². The highest BCUT2D eigenvalue weighted by Gasteiger charge is 2.14. The van der Waals surface area contributed by atoms with Crippen molar-refractivity contribution in [2.45, 2.75) is 13.2 Å². The molecule has 0 fully saturated rings. The summed E-state index contributed by atoms with van der Waals surface area (Å²) < 4.78 is 28.0. The van der Waals surface area contributed by atoms with Crippen LogP contribution >= 0.6 is 0 Å². The van der Waals surface area contributed by atoms with E-state index in [4.69, 9.17) is 23.7 Å². The Bertz CT molecular complexity index is 903. The summed E-state index contributed by atoms with van der Waals surface area (Å²) in [5, 5.41) is 3.37. The van der Waals surface area contributed by atoms with Crippen molar-refractivity contribution in [1.82, 2.24) is 5.32 Å². The van der Waals surface area contributed by atoms with Crippen LogP contribution in [0.4, 0.5) is 0 Å². The van der Waals surface area contributed by atoms with Gasteiger partial charge < -0.3 is 29.0 Å². The molecule has 0 unspecified atom stereocenters. The van der Waals surface area contributed by atoms with Gasteiger partial charge in [-0.3, -0.25) is 0 Å². The Morgan fingerprint density at radius 1 is 0.677 bits per heavy atom. The van der Waals surface area contributed by atoms with Crippen molar-refractivity contribution in [1.29, 1.82) is 0 Å². The lowest BCUT2D eigenvalue weighted by atomic mass is 10.1. The third kappa shape index (κ3) is 6.55. The van der Waals surface area contributed by atoms with Gasteiger partial charge in [0.05, 0.1) is 21.3 Å². The molecule has 6 heteroatoms. The summed E-state index contributed by atoms with van der Waals surface area (Å²) in [6, 6.07) is 21.4. The van der Waals surface area contributed by atoms with E-state index in [1.165, 1.54) is 0 Å². The molecular formula is C25H29NO5. The van der Waals surface area contributed by atoms with E-state index >= 15 is 0 Å². The number of nitrogens with one attached hydrogen (secondary N) is 1. The number of benzene rings is 3. The predicted molar refractivity (Wildman–Crippen MR) is 121 cm³/mol. The summed E-state index contributed by atoms with van der Waals surface area (Å²) in [5.74, 6) is 3.50. The molecule has 164 valence electrons. The summed E-state index contributed by atoms with van der Waals surface area (Å²) in [6.07, 6.45) is 0. The second-order valence-electron chi connectivity index (χ2n) is 6.80. The molecule has 0 aliphatic rings. The van der Waals surface area contributed by atoms with Gasteiger partial charge in [-0.15, -0.1) is 0 Å². The summed E-state index contributed by atoms with van der Waals surface area (Å²) in [4.78, 5) is 0. The van der Waals surface area contributed by atoms with Crippen molar-refractivity contribution >= 4 is 0 Å². The molecule has 0 spiro atoms. The first-order chi connectivity index (χ1) is 15.2. The van der Waals surface area contributed by atoms with Crippen LogP contribution in [-0.4, -0.2) is 34.5 Å². The fourth-order valence-electron chi connectivity index (χ4n) is 3.05. The van der Waals surface area contributed by atoms with Crippen LogP contribution in [0.25, 0.3) is 0 Å². The van der Waals surface area contributed by atoms with Crippen molar-refractivity contribution in [3.8, 4) is 28.7 Å². The van der Waals surface area contributed by atoms with E-state index in [0.717, 1.165) is 22.6 Å². The quantitative estimate of drug-likeness (QED) is 0.434. The van der Waals surface area contributed by atoms with Gasteiger partial charge in [-0.1, -0.05) is 30.3 Å². The van der Waals surface area contributed by atoms with Crippen LogP contribution in [0.15, 0.2) is 66.7 Å². The molecule has 0 saturated carbocycles. The van der Waals surface area contributed by atoms with Crippen LogP contribution in [-0.2, 0) is 13.2 Å². The minimum Gasteiger partial charge on any atom is -0.497 e. The minimum atomic E-state index is 0.438. The lowest BCUT2D eigenvalue weighted by molar-refractivity contribution is 0.265. The van der Waals surface area contributed by atoms with Gasteiger partial charge >= 0.3 is 0 Å². The van der Waals surface area contributed by atoms with Gasteiger partial charge in [0.1, 0.15) is 24.7 Å². The summed E-state index contributed by atoms with van der Waals surface area (Å²) >= 11 is 0. The topological polar surface area (TPSA) is 58.2 Å². The Morgan fingerprint density at radius 3 is 1.94 bits per heavy atom. The molecule has 3 aromatic carbocycles. The Labute approximate surface area is 183 Å². The van der Waals surface area contributed by atoms with Crippen molar-refractivity contribution in [3.05, 3.63) is 77.9 Å². The molecule has 0 aromatic heterocycles. The molecule has 31 heavy (non-hydrogen) atoms. The van der Waals surface area contributed by atoms with Crippen LogP contribution in [0.3, 0.4) is 0 Å². The molecule has 6 nitrogen and oxygen atoms in total. The van der Waals surface area contributed by atoms with Gasteiger partial charge in [-0.2, -0.15) is 0 Å². The van der Waals surface area contributed by atoms with Gasteiger partial charge in [-0.05, 0) is 47.5 Å². The van der Waals surface area contributed by atoms with Crippen LogP contribution in [0, 0.1) is 0 Å². The highest BCUT2D eigenvalue weighted by Crippen LogP contribution is 2.39. The van der Waals surface area contributed by atoms with Gasteiger partial charge in [0, 0.05) is 13.1 Å². The Balaban J connectivity index is 1.53. The lowest BCUT2D eigenvalue weighted by Crippen LogP contribution is -2.20. The number of ether oxygens (including phenoxy) is 5. The molecule has 0 saturated heterocycles. The third-order valence-corrected chi connectivity index (χ3v) is 4.68. The van der Waals surface area contributed by atoms with E-state index in [2.05, 4.69) is 5.32 Å². The van der Waals surface area contributed by atoms with Crippen LogP contribution in [0.5, 0.6) is 28.7 Å². The van der Waals surface area contributed by atoms with Crippen molar-refractivity contribution in [2.24, 2.45) is 0 Å². The molecule has 0 amide bonds. The highest BCUT2D eigenvalue weighted by molar-refractivity contribution is 5.54. The Morgan fingerprint density at radius 2 is 1.32 bits per heavy atom. The van der Waals surface area contributed by atoms with Crippen LogP contribution < -0.4 is 29.0 Å². The summed E-state index contributed by atoms with van der Waals surface area (Å²) in [6.45, 7) is 2.34. The second-order valence-corrected chi connectivity index (χ2v) is 6.80. The average molecular weight is 424 g/mol. The van der Waals surface area contributed by atoms with Crippen molar-refractivity contribution in [2.75, 3.05) is 34.5 Å². The van der Waals surface area contributed by atoms with Crippen molar-refractivity contribution < 1.29 is 23.7 Å². The predicted octanol–water partition coefficient (Wildman–Crippen LogP) is 4.46. The monoisotopic (exact) mass is 423 g/mol. The largest absolute Gasteiger partial charge is 0.497 e. The van der Waals surface area contributed by atoms with Crippen LogP contribution in [0.2, 0.25) is 0 Å². The SMILES string of the molecule is COc1ccc(OCCNCc2cc(OC)c(OCc3ccccc3)c(OC)c2)cc1. The van der Waals surface area contributed by atoms with Gasteiger partial charge in [0.25, 0.3) is 0 Å². The van der Waals surface area contributed by atoms with Crippen LogP contribution in [0.1, 0.15) is 11.1 Å². The first-order valence-corrected chi connectivity index (χ1v) is 10.1. The zero-order valence-electron chi connectivity index (χ0n) is 18.2. The second kappa shape index (κ2) is 11.7. The highest BCUT2D eigenvalue weighted by atomic mass is 16.5. The fourth-order valence-corrected chi connectivity index (χ4v) is 3.05. The maximum Gasteiger partial charge on any atom is 0.203 e. The van der Waals surface area contributed by atoms with E-state index in [1.807, 2.05) is 66.7 Å². The molecular weight excluding hydrogens is 394 g/mol. The van der Waals surface area contributed by atoms with Gasteiger partial charge in [0.2, 0.25) is 5.75 Å². The molecule has 0 bridgehead atoms. The molecule has 0 aliphatic heterocycles. The Hall–Kier alpha value is -3.38. The number of hydrogen-bond donors (Lipinski definition) is 1. The smallest absolute Gasteiger partial charge is 0.203 e. The van der Waals surface area contributed by atoms with E-state index in [9.17, 15) is 0 Å². The number of rotatable bonds is 12. The van der Waals surface area contributed by atoms with E-state index in [-0.39, 0.29) is 0 Å². The maximum absolute atomic E-state index is 6.00. The Kier molecular flexibility index (Phi) is 8.43. The van der Waals surface area contributed by atoms with E-state index in [0.29, 0.717) is 43.6 Å². The molecule has 3 rings (SSSR count). The molecule has 0 aliphatic carbocycles. The van der Waals surface area contributed by atoms with Gasteiger partial charge in [-0.25, -0.2) is 0 Å². The molecule has 0 radical (unpaired) electrons.